The molecule has 0 aromatic heterocycles. The van der Waals surface area contributed by atoms with Crippen molar-refractivity contribution in [1.82, 2.24) is 0 Å². The molecule has 2 heteroatoms. The van der Waals surface area contributed by atoms with Gasteiger partial charge < -0.3 is 5.11 Å². The van der Waals surface area contributed by atoms with Gasteiger partial charge in [-0.1, -0.05) is 68.1 Å². The quantitative estimate of drug-likeness (QED) is 0.515. The zero-order chi connectivity index (χ0) is 17.7. The van der Waals surface area contributed by atoms with E-state index < -0.39 is 5.97 Å². The van der Waals surface area contributed by atoms with E-state index in [2.05, 4.69) is 54.3 Å². The number of carbonyl (C=O) groups is 1. The molecule has 0 amide bonds. The monoisotopic (exact) mass is 324 g/mol. The summed E-state index contributed by atoms with van der Waals surface area (Å²) in [5.74, 6) is 23.2. The third-order valence-corrected chi connectivity index (χ3v) is 3.13. The second-order valence-corrected chi connectivity index (χ2v) is 5.36. The van der Waals surface area contributed by atoms with Crippen LogP contribution in [0.1, 0.15) is 84.0 Å². The molecule has 0 aromatic rings. The van der Waals surface area contributed by atoms with Crippen LogP contribution in [0.3, 0.4) is 0 Å². The predicted molar refractivity (Wildman–Crippen MR) is 99.8 cm³/mol. The molecule has 2 nitrogen and oxygen atoms in total. The van der Waals surface area contributed by atoms with Gasteiger partial charge in [0.1, 0.15) is 0 Å². The fraction of sp³-hybridized carbons (Fsp3) is 0.591. The van der Waals surface area contributed by atoms with Gasteiger partial charge in [-0.3, -0.25) is 4.79 Å². The molecule has 0 aromatic carbocycles. The van der Waals surface area contributed by atoms with Gasteiger partial charge in [0.2, 0.25) is 0 Å². The average Bonchev–Trinajstić information content (AvgIpc) is 2.56. The lowest BCUT2D eigenvalue weighted by Gasteiger charge is -1.94. The number of unbranched alkanes of at least 4 members (excludes halogenated alkanes) is 6. The normalized spacial score (nSPS) is 8.38. The number of carboxylic acid groups (broad SMARTS) is 1. The largest absolute Gasteiger partial charge is 0.481 e. The van der Waals surface area contributed by atoms with E-state index in [0.717, 1.165) is 6.42 Å². The van der Waals surface area contributed by atoms with Gasteiger partial charge in [0.25, 0.3) is 0 Å². The van der Waals surface area contributed by atoms with Crippen LogP contribution >= 0.6 is 0 Å². The fourth-order valence-electron chi connectivity index (χ4n) is 1.83. The first-order valence-electron chi connectivity index (χ1n) is 8.82. The van der Waals surface area contributed by atoms with E-state index in [1.54, 1.807) is 0 Å². The molecule has 0 rings (SSSR count). The summed E-state index contributed by atoms with van der Waals surface area (Å²) < 4.78 is 0. The zero-order valence-corrected chi connectivity index (χ0v) is 14.8. The van der Waals surface area contributed by atoms with Gasteiger partial charge >= 0.3 is 5.97 Å². The Labute approximate surface area is 147 Å². The van der Waals surface area contributed by atoms with Crippen LogP contribution in [0.15, 0.2) is 0 Å². The van der Waals surface area contributed by atoms with Crippen molar-refractivity contribution < 1.29 is 9.90 Å². The lowest BCUT2D eigenvalue weighted by atomic mass is 10.1. The predicted octanol–water partition coefficient (Wildman–Crippen LogP) is 4.79. The average molecular weight is 324 g/mol. The highest BCUT2D eigenvalue weighted by Crippen LogP contribution is 2.03. The summed E-state index contributed by atoms with van der Waals surface area (Å²) in [6, 6.07) is 0. The summed E-state index contributed by atoms with van der Waals surface area (Å²) in [7, 11) is 0. The van der Waals surface area contributed by atoms with Crippen molar-refractivity contribution in [2.24, 2.45) is 0 Å². The molecule has 0 saturated carbocycles. The van der Waals surface area contributed by atoms with Crippen LogP contribution in [0, 0.1) is 47.4 Å². The highest BCUT2D eigenvalue weighted by atomic mass is 16.4. The Morgan fingerprint density at radius 3 is 1.62 bits per heavy atom. The molecule has 0 heterocycles. The number of aliphatic carboxylic acids is 1. The first-order valence-corrected chi connectivity index (χ1v) is 8.82. The topological polar surface area (TPSA) is 37.3 Å². The Balaban J connectivity index is 3.55. The van der Waals surface area contributed by atoms with Crippen LogP contribution in [0.5, 0.6) is 0 Å². The van der Waals surface area contributed by atoms with Crippen molar-refractivity contribution in [2.75, 3.05) is 0 Å². The van der Waals surface area contributed by atoms with E-state index >= 15 is 0 Å². The maximum absolute atomic E-state index is 10.3. The minimum absolute atomic E-state index is 0.178. The zero-order valence-electron chi connectivity index (χ0n) is 14.8. The van der Waals surface area contributed by atoms with Crippen LogP contribution in [0.2, 0.25) is 0 Å². The molecule has 128 valence electrons. The van der Waals surface area contributed by atoms with Crippen molar-refractivity contribution in [2.45, 2.75) is 84.0 Å². The van der Waals surface area contributed by atoms with Crippen molar-refractivity contribution in [3.05, 3.63) is 0 Å². The Morgan fingerprint density at radius 2 is 1.12 bits per heavy atom. The molecular weight excluding hydrogens is 296 g/mol. The van der Waals surface area contributed by atoms with Gasteiger partial charge in [-0.05, 0) is 12.8 Å². The maximum Gasteiger partial charge on any atom is 0.303 e. The van der Waals surface area contributed by atoms with Crippen LogP contribution in [-0.2, 0) is 4.79 Å². The van der Waals surface area contributed by atoms with Gasteiger partial charge in [-0.15, -0.1) is 11.8 Å². The third-order valence-electron chi connectivity index (χ3n) is 3.13. The fourth-order valence-corrected chi connectivity index (χ4v) is 1.83. The van der Waals surface area contributed by atoms with Gasteiger partial charge in [0, 0.05) is 19.3 Å². The van der Waals surface area contributed by atoms with Gasteiger partial charge in [0.05, 0.1) is 19.3 Å². The number of hydrogen-bond donors (Lipinski definition) is 1. The lowest BCUT2D eigenvalue weighted by Crippen LogP contribution is -1.92. The molecule has 0 bridgehead atoms. The minimum Gasteiger partial charge on any atom is -0.481 e. The van der Waals surface area contributed by atoms with Crippen molar-refractivity contribution in [3.63, 3.8) is 0 Å². The highest BCUT2D eigenvalue weighted by molar-refractivity contribution is 5.66. The summed E-state index contributed by atoms with van der Waals surface area (Å²) >= 11 is 0. The van der Waals surface area contributed by atoms with E-state index in [4.69, 9.17) is 5.11 Å². The van der Waals surface area contributed by atoms with E-state index in [1.165, 1.54) is 32.1 Å². The number of carboxylic acids is 1. The number of rotatable bonds is 8. The molecule has 0 aliphatic carbocycles. The Bertz CT molecular complexity index is 570. The molecule has 0 radical (unpaired) electrons. The summed E-state index contributed by atoms with van der Waals surface area (Å²) in [5, 5.41) is 8.47. The molecule has 0 atom stereocenters. The van der Waals surface area contributed by atoms with Crippen LogP contribution in [-0.4, -0.2) is 11.1 Å². The standard InChI is InChI=1S/C22H28O2/c1-2-3-4-5-6-7-8-9-10-11-12-13-14-15-16-17-18-19-20-21-22(23)24/h2-7,10,13,16,19-21H2,1H3,(H,23,24). The lowest BCUT2D eigenvalue weighted by molar-refractivity contribution is -0.137. The molecule has 0 aliphatic heterocycles. The van der Waals surface area contributed by atoms with Crippen LogP contribution < -0.4 is 0 Å². The third kappa shape index (κ3) is 19.7. The Hall–Kier alpha value is -2.29. The SMILES string of the molecule is CCCCCCCC#CCC#CCC#CCC#CCCCC(=O)O. The van der Waals surface area contributed by atoms with Crippen molar-refractivity contribution >= 4 is 5.97 Å². The first-order chi connectivity index (χ1) is 11.8. The Morgan fingerprint density at radius 1 is 0.667 bits per heavy atom. The molecule has 1 N–H and O–H groups in total. The second kappa shape index (κ2) is 18.8. The molecule has 0 saturated heterocycles. The maximum atomic E-state index is 10.3. The molecule has 24 heavy (non-hydrogen) atoms. The molecule has 0 spiro atoms. The summed E-state index contributed by atoms with van der Waals surface area (Å²) in [5.41, 5.74) is 0. The van der Waals surface area contributed by atoms with Crippen molar-refractivity contribution in [3.8, 4) is 47.4 Å². The van der Waals surface area contributed by atoms with Crippen LogP contribution in [0.4, 0.5) is 0 Å². The van der Waals surface area contributed by atoms with Gasteiger partial charge in [0.15, 0.2) is 0 Å². The molecule has 0 fully saturated rings. The number of hydrogen-bond acceptors (Lipinski definition) is 1. The van der Waals surface area contributed by atoms with Gasteiger partial charge in [-0.2, -0.15) is 0 Å². The Kier molecular flexibility index (Phi) is 17.0. The van der Waals surface area contributed by atoms with Crippen LogP contribution in [0.25, 0.3) is 0 Å². The van der Waals surface area contributed by atoms with E-state index in [1.807, 2.05) is 0 Å². The van der Waals surface area contributed by atoms with Crippen molar-refractivity contribution in [1.29, 1.82) is 0 Å². The first kappa shape index (κ1) is 21.7. The van der Waals surface area contributed by atoms with E-state index in [9.17, 15) is 4.79 Å². The highest BCUT2D eigenvalue weighted by Gasteiger charge is 1.92. The smallest absolute Gasteiger partial charge is 0.303 e. The van der Waals surface area contributed by atoms with Gasteiger partial charge in [-0.25, -0.2) is 0 Å². The van der Waals surface area contributed by atoms with E-state index in [0.29, 0.717) is 32.1 Å². The molecule has 0 unspecified atom stereocenters. The molecular formula is C22H28O2. The van der Waals surface area contributed by atoms with E-state index in [-0.39, 0.29) is 6.42 Å². The second-order valence-electron chi connectivity index (χ2n) is 5.36. The minimum atomic E-state index is -0.771. The summed E-state index contributed by atoms with van der Waals surface area (Å²) in [6.07, 6.45) is 10.5. The summed E-state index contributed by atoms with van der Waals surface area (Å²) in [4.78, 5) is 10.3. The summed E-state index contributed by atoms with van der Waals surface area (Å²) in [6.45, 7) is 2.22. The molecule has 0 aliphatic rings.